The number of aliphatic hydroxyl groups excluding tert-OH is 1. The summed E-state index contributed by atoms with van der Waals surface area (Å²) in [6.07, 6.45) is 8.61. The van der Waals surface area contributed by atoms with Gasteiger partial charge in [0.1, 0.15) is 17.5 Å². The SMILES string of the molecule is CC1(C)CCC[C@@]2(C)[C@H]1CC[C@]1(C)OC3=CC(=O)[C@H](O)C3=C[C@@H]21. The molecule has 1 N–H and O–H groups in total. The molecule has 0 aromatic rings. The van der Waals surface area contributed by atoms with Crippen LogP contribution in [0, 0.1) is 22.7 Å². The van der Waals surface area contributed by atoms with Crippen molar-refractivity contribution in [1.82, 2.24) is 0 Å². The summed E-state index contributed by atoms with van der Waals surface area (Å²) in [5.41, 5.74) is 0.993. The highest BCUT2D eigenvalue weighted by Crippen LogP contribution is 2.64. The van der Waals surface area contributed by atoms with E-state index in [4.69, 9.17) is 4.74 Å². The zero-order chi connectivity index (χ0) is 16.6. The highest BCUT2D eigenvalue weighted by atomic mass is 16.5. The lowest BCUT2D eigenvalue weighted by molar-refractivity contribution is -0.163. The Morgan fingerprint density at radius 2 is 1.91 bits per heavy atom. The molecule has 1 aliphatic heterocycles. The molecule has 3 aliphatic carbocycles. The standard InChI is InChI=1S/C20H28O3/c1-18(2)7-5-8-19(3)15(18)6-9-20(4)16(19)10-12-14(23-20)11-13(21)17(12)22/h10-11,15-17,22H,5-9H2,1-4H3/t15-,16-,17+,19-,20-/m0/s1. The highest BCUT2D eigenvalue weighted by Gasteiger charge is 2.60. The Morgan fingerprint density at radius 3 is 2.65 bits per heavy atom. The molecule has 3 nitrogen and oxygen atoms in total. The third-order valence-electron chi connectivity index (χ3n) is 7.39. The Hall–Kier alpha value is -1.09. The first kappa shape index (κ1) is 15.4. The summed E-state index contributed by atoms with van der Waals surface area (Å²) >= 11 is 0. The van der Waals surface area contributed by atoms with Crippen LogP contribution in [0.4, 0.5) is 0 Å². The number of hydrogen-bond acceptors (Lipinski definition) is 3. The van der Waals surface area contributed by atoms with Gasteiger partial charge in [0.2, 0.25) is 0 Å². The van der Waals surface area contributed by atoms with Crippen LogP contribution in [-0.2, 0) is 9.53 Å². The minimum absolute atomic E-state index is 0.179. The first-order valence-electron chi connectivity index (χ1n) is 9.02. The molecule has 0 saturated heterocycles. The van der Waals surface area contributed by atoms with Crippen LogP contribution >= 0.6 is 0 Å². The number of carbonyl (C=O) groups is 1. The Labute approximate surface area is 138 Å². The van der Waals surface area contributed by atoms with Crippen LogP contribution in [0.2, 0.25) is 0 Å². The molecule has 23 heavy (non-hydrogen) atoms. The zero-order valence-corrected chi connectivity index (χ0v) is 14.7. The largest absolute Gasteiger partial charge is 0.486 e. The van der Waals surface area contributed by atoms with Gasteiger partial charge in [-0.1, -0.05) is 33.3 Å². The number of carbonyl (C=O) groups excluding carboxylic acids is 1. The van der Waals surface area contributed by atoms with E-state index in [2.05, 4.69) is 33.8 Å². The maximum atomic E-state index is 11.9. The molecule has 4 rings (SSSR count). The van der Waals surface area contributed by atoms with Gasteiger partial charge in [0.15, 0.2) is 5.78 Å². The van der Waals surface area contributed by atoms with E-state index in [1.165, 1.54) is 31.8 Å². The normalized spacial score (nSPS) is 47.7. The predicted octanol–water partition coefficient (Wildman–Crippen LogP) is 3.77. The smallest absolute Gasteiger partial charge is 0.192 e. The van der Waals surface area contributed by atoms with Crippen LogP contribution in [0.25, 0.3) is 0 Å². The van der Waals surface area contributed by atoms with Crippen LogP contribution in [0.5, 0.6) is 0 Å². The van der Waals surface area contributed by atoms with E-state index in [9.17, 15) is 9.90 Å². The monoisotopic (exact) mass is 316 g/mol. The third-order valence-corrected chi connectivity index (χ3v) is 7.39. The van der Waals surface area contributed by atoms with Crippen molar-refractivity contribution in [3.63, 3.8) is 0 Å². The summed E-state index contributed by atoms with van der Waals surface area (Å²) < 4.78 is 6.34. The van der Waals surface area contributed by atoms with E-state index in [0.717, 1.165) is 6.42 Å². The number of hydrogen-bond donors (Lipinski definition) is 1. The van der Waals surface area contributed by atoms with Crippen molar-refractivity contribution >= 4 is 5.78 Å². The summed E-state index contributed by atoms with van der Waals surface area (Å²) in [7, 11) is 0. The molecule has 0 aromatic carbocycles. The van der Waals surface area contributed by atoms with Crippen molar-refractivity contribution < 1.29 is 14.6 Å². The van der Waals surface area contributed by atoms with E-state index in [1.54, 1.807) is 0 Å². The van der Waals surface area contributed by atoms with Gasteiger partial charge in [-0.2, -0.15) is 0 Å². The fraction of sp³-hybridized carbons (Fsp3) is 0.750. The van der Waals surface area contributed by atoms with Crippen molar-refractivity contribution in [3.8, 4) is 0 Å². The van der Waals surface area contributed by atoms with Crippen molar-refractivity contribution in [2.75, 3.05) is 0 Å². The van der Waals surface area contributed by atoms with E-state index in [1.807, 2.05) is 0 Å². The molecular weight excluding hydrogens is 288 g/mol. The Balaban J connectivity index is 1.81. The average Bonchev–Trinajstić information content (AvgIpc) is 2.70. The number of fused-ring (bicyclic) bond motifs is 4. The van der Waals surface area contributed by atoms with Crippen molar-refractivity contribution in [2.45, 2.75) is 71.5 Å². The lowest BCUT2D eigenvalue weighted by atomic mass is 9.45. The maximum Gasteiger partial charge on any atom is 0.192 e. The number of ether oxygens (including phenoxy) is 1. The molecule has 0 spiro atoms. The molecule has 0 aromatic heterocycles. The van der Waals surface area contributed by atoms with Gasteiger partial charge >= 0.3 is 0 Å². The summed E-state index contributed by atoms with van der Waals surface area (Å²) in [5, 5.41) is 10.2. The third kappa shape index (κ3) is 1.95. The molecule has 0 radical (unpaired) electrons. The molecule has 0 amide bonds. The molecular formula is C20H28O3. The molecule has 2 saturated carbocycles. The highest BCUT2D eigenvalue weighted by molar-refractivity contribution is 6.01. The minimum atomic E-state index is -1.02. The van der Waals surface area contributed by atoms with Gasteiger partial charge in [-0.05, 0) is 49.4 Å². The van der Waals surface area contributed by atoms with E-state index in [-0.39, 0.29) is 22.7 Å². The molecule has 0 bridgehead atoms. The maximum absolute atomic E-state index is 11.9. The first-order valence-corrected chi connectivity index (χ1v) is 9.02. The van der Waals surface area contributed by atoms with Gasteiger partial charge in [0.05, 0.1) is 0 Å². The van der Waals surface area contributed by atoms with Gasteiger partial charge in [0.25, 0.3) is 0 Å². The topological polar surface area (TPSA) is 46.5 Å². The Kier molecular flexibility index (Phi) is 3.02. The molecule has 0 unspecified atom stereocenters. The summed E-state index contributed by atoms with van der Waals surface area (Å²) in [6.45, 7) is 9.44. The first-order chi connectivity index (χ1) is 10.7. The lowest BCUT2D eigenvalue weighted by Gasteiger charge is -2.62. The van der Waals surface area contributed by atoms with Gasteiger partial charge in [0, 0.05) is 17.6 Å². The fourth-order valence-electron chi connectivity index (χ4n) is 6.30. The second kappa shape index (κ2) is 4.50. The zero-order valence-electron chi connectivity index (χ0n) is 14.7. The quantitative estimate of drug-likeness (QED) is 0.740. The Morgan fingerprint density at radius 1 is 1.17 bits per heavy atom. The second-order valence-corrected chi connectivity index (χ2v) is 9.27. The van der Waals surface area contributed by atoms with Gasteiger partial charge in [-0.3, -0.25) is 4.79 Å². The summed E-state index contributed by atoms with van der Waals surface area (Å²) in [4.78, 5) is 11.9. The van der Waals surface area contributed by atoms with Gasteiger partial charge < -0.3 is 9.84 Å². The van der Waals surface area contributed by atoms with Crippen molar-refractivity contribution in [3.05, 3.63) is 23.5 Å². The van der Waals surface area contributed by atoms with Gasteiger partial charge in [-0.15, -0.1) is 0 Å². The predicted molar refractivity (Wildman–Crippen MR) is 88.6 cm³/mol. The molecule has 126 valence electrons. The number of aliphatic hydroxyl groups is 1. The lowest BCUT2D eigenvalue weighted by Crippen LogP contribution is -2.58. The molecule has 5 atom stereocenters. The summed E-state index contributed by atoms with van der Waals surface area (Å²) in [6, 6.07) is 0. The fourth-order valence-corrected chi connectivity index (χ4v) is 6.30. The summed E-state index contributed by atoms with van der Waals surface area (Å²) in [5.74, 6) is 1.31. The molecule has 3 heteroatoms. The van der Waals surface area contributed by atoms with Crippen LogP contribution in [0.15, 0.2) is 23.5 Å². The van der Waals surface area contributed by atoms with Crippen molar-refractivity contribution in [2.24, 2.45) is 22.7 Å². The second-order valence-electron chi connectivity index (χ2n) is 9.27. The van der Waals surface area contributed by atoms with E-state index >= 15 is 0 Å². The van der Waals surface area contributed by atoms with Gasteiger partial charge in [-0.25, -0.2) is 0 Å². The minimum Gasteiger partial charge on any atom is -0.486 e. The van der Waals surface area contributed by atoms with E-state index in [0.29, 0.717) is 22.7 Å². The van der Waals surface area contributed by atoms with E-state index < -0.39 is 6.10 Å². The number of rotatable bonds is 0. The van der Waals surface area contributed by atoms with Crippen LogP contribution < -0.4 is 0 Å². The number of ketones is 1. The van der Waals surface area contributed by atoms with Crippen molar-refractivity contribution in [1.29, 1.82) is 0 Å². The molecule has 4 aliphatic rings. The average molecular weight is 316 g/mol. The van der Waals surface area contributed by atoms with Crippen LogP contribution in [0.3, 0.4) is 0 Å². The van der Waals surface area contributed by atoms with Crippen LogP contribution in [0.1, 0.15) is 59.8 Å². The molecule has 1 heterocycles. The molecule has 2 fully saturated rings. The Bertz CT molecular complexity index is 629. The van der Waals surface area contributed by atoms with Crippen LogP contribution in [-0.4, -0.2) is 22.6 Å².